The molecule has 1 aliphatic heterocycles. The van der Waals surface area contributed by atoms with E-state index in [0.717, 1.165) is 39.0 Å². The van der Waals surface area contributed by atoms with Crippen LogP contribution in [-0.2, 0) is 4.79 Å². The Morgan fingerprint density at radius 3 is 2.54 bits per heavy atom. The van der Waals surface area contributed by atoms with Crippen molar-refractivity contribution in [3.63, 3.8) is 0 Å². The molecule has 0 spiro atoms. The van der Waals surface area contributed by atoms with Crippen molar-refractivity contribution in [1.29, 1.82) is 5.26 Å². The molecule has 1 saturated heterocycles. The van der Waals surface area contributed by atoms with Crippen LogP contribution in [0.15, 0.2) is 24.3 Å². The lowest BCUT2D eigenvalue weighted by atomic mass is 9.98. The van der Waals surface area contributed by atoms with Crippen LogP contribution in [0.4, 0.5) is 5.69 Å². The van der Waals surface area contributed by atoms with Gasteiger partial charge in [0.25, 0.3) is 0 Å². The molecule has 5 nitrogen and oxygen atoms in total. The van der Waals surface area contributed by atoms with Crippen LogP contribution in [0.2, 0.25) is 0 Å². The fraction of sp³-hybridized carbons (Fsp3) is 0.579. The summed E-state index contributed by atoms with van der Waals surface area (Å²) in [6, 6.07) is 10.7. The number of nitrogens with zero attached hydrogens (tertiary/aromatic N) is 3. The average molecular weight is 326 g/mol. The van der Waals surface area contributed by atoms with Crippen LogP contribution >= 0.6 is 0 Å². The molecular formula is C19H26N4O. The van der Waals surface area contributed by atoms with Gasteiger partial charge in [-0.25, -0.2) is 0 Å². The summed E-state index contributed by atoms with van der Waals surface area (Å²) in [6.45, 7) is 7.95. The van der Waals surface area contributed by atoms with Gasteiger partial charge >= 0.3 is 0 Å². The third kappa shape index (κ3) is 3.70. The molecule has 24 heavy (non-hydrogen) atoms. The summed E-state index contributed by atoms with van der Waals surface area (Å²) >= 11 is 0. The van der Waals surface area contributed by atoms with Gasteiger partial charge in [0, 0.05) is 31.9 Å². The van der Waals surface area contributed by atoms with Crippen molar-refractivity contribution in [3.8, 4) is 6.07 Å². The zero-order valence-corrected chi connectivity index (χ0v) is 14.6. The van der Waals surface area contributed by atoms with Crippen molar-refractivity contribution in [3.05, 3.63) is 29.8 Å². The number of carbonyl (C=O) groups is 1. The largest absolute Gasteiger partial charge is 0.369 e. The second-order valence-electron chi connectivity index (χ2n) is 7.19. The van der Waals surface area contributed by atoms with Gasteiger partial charge in [0.05, 0.1) is 12.6 Å². The van der Waals surface area contributed by atoms with Crippen molar-refractivity contribution in [2.45, 2.75) is 32.2 Å². The van der Waals surface area contributed by atoms with Gasteiger partial charge in [-0.05, 0) is 44.2 Å². The molecule has 1 unspecified atom stereocenters. The molecule has 5 heteroatoms. The van der Waals surface area contributed by atoms with Gasteiger partial charge in [-0.15, -0.1) is 0 Å². The van der Waals surface area contributed by atoms with E-state index in [-0.39, 0.29) is 5.91 Å². The van der Waals surface area contributed by atoms with Crippen molar-refractivity contribution in [2.75, 3.05) is 37.6 Å². The minimum absolute atomic E-state index is 0.0321. The minimum atomic E-state index is -0.694. The van der Waals surface area contributed by atoms with Crippen LogP contribution in [0.3, 0.4) is 0 Å². The van der Waals surface area contributed by atoms with E-state index < -0.39 is 5.54 Å². The summed E-state index contributed by atoms with van der Waals surface area (Å²) < 4.78 is 0. The average Bonchev–Trinajstić information content (AvgIpc) is 3.41. The first kappa shape index (κ1) is 16.8. The highest BCUT2D eigenvalue weighted by atomic mass is 16.2. The Balaban J connectivity index is 1.50. The van der Waals surface area contributed by atoms with Gasteiger partial charge in [-0.2, -0.15) is 5.26 Å². The van der Waals surface area contributed by atoms with Gasteiger partial charge in [0.15, 0.2) is 0 Å². The van der Waals surface area contributed by atoms with Crippen LogP contribution in [0.25, 0.3) is 0 Å². The quantitative estimate of drug-likeness (QED) is 0.898. The molecule has 0 bridgehead atoms. The lowest BCUT2D eigenvalue weighted by molar-refractivity contribution is -0.123. The number of para-hydroxylation sites is 1. The third-order valence-corrected chi connectivity index (χ3v) is 5.22. The molecule has 1 saturated carbocycles. The van der Waals surface area contributed by atoms with E-state index in [1.807, 2.05) is 6.92 Å². The maximum atomic E-state index is 12.3. The SMILES string of the molecule is Cc1ccccc1N1CCN(CC(=O)NC(C)(C#N)C2CC2)CC1. The van der Waals surface area contributed by atoms with Crippen LogP contribution in [0, 0.1) is 24.2 Å². The zero-order chi connectivity index (χ0) is 17.2. The molecule has 1 aromatic carbocycles. The van der Waals surface area contributed by atoms with Crippen molar-refractivity contribution in [1.82, 2.24) is 10.2 Å². The number of nitrogens with one attached hydrogen (secondary N) is 1. The maximum Gasteiger partial charge on any atom is 0.235 e. The maximum absolute atomic E-state index is 12.3. The molecule has 1 heterocycles. The number of anilines is 1. The summed E-state index contributed by atoms with van der Waals surface area (Å²) in [7, 11) is 0. The van der Waals surface area contributed by atoms with Gasteiger partial charge in [0.1, 0.15) is 5.54 Å². The zero-order valence-electron chi connectivity index (χ0n) is 14.6. The molecule has 2 fully saturated rings. The molecule has 1 aromatic rings. The second-order valence-corrected chi connectivity index (χ2v) is 7.19. The van der Waals surface area contributed by atoms with Crippen molar-refractivity contribution < 1.29 is 4.79 Å². The molecule has 1 amide bonds. The standard InChI is InChI=1S/C19H26N4O/c1-15-5-3-4-6-17(15)23-11-9-22(10-12-23)13-18(24)21-19(2,14-20)16-7-8-16/h3-6,16H,7-13H2,1-2H3,(H,21,24). The van der Waals surface area contributed by atoms with Gasteiger partial charge < -0.3 is 10.2 Å². The van der Waals surface area contributed by atoms with Gasteiger partial charge in [-0.1, -0.05) is 18.2 Å². The van der Waals surface area contributed by atoms with Crippen LogP contribution in [-0.4, -0.2) is 49.1 Å². The number of rotatable bonds is 5. The number of carbonyl (C=O) groups excluding carboxylic acids is 1. The normalized spacial score (nSPS) is 21.0. The van der Waals surface area contributed by atoms with E-state index in [4.69, 9.17) is 0 Å². The fourth-order valence-corrected chi connectivity index (χ4v) is 3.48. The predicted octanol–water partition coefficient (Wildman–Crippen LogP) is 1.93. The summed E-state index contributed by atoms with van der Waals surface area (Å²) in [5.41, 5.74) is 1.88. The predicted molar refractivity (Wildman–Crippen MR) is 94.7 cm³/mol. The Bertz CT molecular complexity index is 641. The highest BCUT2D eigenvalue weighted by molar-refractivity contribution is 5.79. The first-order valence-corrected chi connectivity index (χ1v) is 8.77. The Labute approximate surface area is 144 Å². The number of aryl methyl sites for hydroxylation is 1. The Kier molecular flexibility index (Phi) is 4.77. The first-order chi connectivity index (χ1) is 11.5. The van der Waals surface area contributed by atoms with Crippen molar-refractivity contribution in [2.24, 2.45) is 5.92 Å². The molecule has 128 valence electrons. The Morgan fingerprint density at radius 1 is 1.29 bits per heavy atom. The van der Waals surface area contributed by atoms with E-state index >= 15 is 0 Å². The van der Waals surface area contributed by atoms with Gasteiger partial charge in [-0.3, -0.25) is 9.69 Å². The van der Waals surface area contributed by atoms with Crippen molar-refractivity contribution >= 4 is 11.6 Å². The fourth-order valence-electron chi connectivity index (χ4n) is 3.48. The lowest BCUT2D eigenvalue weighted by Gasteiger charge is -2.36. The molecule has 0 aromatic heterocycles. The molecule has 1 atom stereocenters. The molecule has 3 rings (SSSR count). The minimum Gasteiger partial charge on any atom is -0.369 e. The number of hydrogen-bond acceptors (Lipinski definition) is 4. The lowest BCUT2D eigenvalue weighted by Crippen LogP contribution is -2.53. The molecule has 1 aliphatic carbocycles. The van der Waals surface area contributed by atoms with E-state index in [2.05, 4.69) is 52.4 Å². The van der Waals surface area contributed by atoms with Gasteiger partial charge in [0.2, 0.25) is 5.91 Å². The van der Waals surface area contributed by atoms with E-state index in [9.17, 15) is 10.1 Å². The van der Waals surface area contributed by atoms with E-state index in [1.165, 1.54) is 11.3 Å². The third-order valence-electron chi connectivity index (χ3n) is 5.22. The van der Waals surface area contributed by atoms with E-state index in [1.54, 1.807) is 0 Å². The van der Waals surface area contributed by atoms with E-state index in [0.29, 0.717) is 12.5 Å². The highest BCUT2D eigenvalue weighted by Crippen LogP contribution is 2.39. The topological polar surface area (TPSA) is 59.4 Å². The molecule has 2 aliphatic rings. The summed E-state index contributed by atoms with van der Waals surface area (Å²) in [5.74, 6) is 0.291. The number of benzene rings is 1. The summed E-state index contributed by atoms with van der Waals surface area (Å²) in [6.07, 6.45) is 2.08. The monoisotopic (exact) mass is 326 g/mol. The Morgan fingerprint density at radius 2 is 1.96 bits per heavy atom. The van der Waals surface area contributed by atoms with Crippen LogP contribution in [0.1, 0.15) is 25.3 Å². The molecular weight excluding hydrogens is 300 g/mol. The Hall–Kier alpha value is -2.06. The number of hydrogen-bond donors (Lipinski definition) is 1. The second kappa shape index (κ2) is 6.82. The van der Waals surface area contributed by atoms with Crippen LogP contribution in [0.5, 0.6) is 0 Å². The highest BCUT2D eigenvalue weighted by Gasteiger charge is 2.43. The smallest absolute Gasteiger partial charge is 0.235 e. The number of nitriles is 1. The molecule has 1 N–H and O–H groups in total. The number of amides is 1. The van der Waals surface area contributed by atoms with Crippen LogP contribution < -0.4 is 10.2 Å². The number of piperazine rings is 1. The first-order valence-electron chi connectivity index (χ1n) is 8.77. The molecule has 0 radical (unpaired) electrons. The summed E-state index contributed by atoms with van der Waals surface area (Å²) in [5, 5.41) is 12.3. The summed E-state index contributed by atoms with van der Waals surface area (Å²) in [4.78, 5) is 16.9.